The number of para-hydroxylation sites is 1. The summed E-state index contributed by atoms with van der Waals surface area (Å²) < 4.78 is 5.65. The number of nitrogens with one attached hydrogen (secondary N) is 1. The number of ketones is 2. The van der Waals surface area contributed by atoms with E-state index in [-0.39, 0.29) is 17.5 Å². The number of Topliss-reactive ketones (excluding diaryl/α,β-unsaturated/α-hetero) is 2. The Balaban J connectivity index is 1.47. The molecule has 43 heavy (non-hydrogen) atoms. The summed E-state index contributed by atoms with van der Waals surface area (Å²) in [5.41, 5.74) is 3.82. The molecular formula is C37H30N2O4. The van der Waals surface area contributed by atoms with Gasteiger partial charge in [0.2, 0.25) is 5.91 Å². The third kappa shape index (κ3) is 3.97. The lowest BCUT2D eigenvalue weighted by molar-refractivity contribution is -0.122. The summed E-state index contributed by atoms with van der Waals surface area (Å²) in [6, 6.07) is 28.2. The molecule has 0 unspecified atom stereocenters. The van der Waals surface area contributed by atoms with Crippen LogP contribution in [0.4, 0.5) is 5.69 Å². The Bertz CT molecular complexity index is 1810. The van der Waals surface area contributed by atoms with Crippen LogP contribution in [0.3, 0.4) is 0 Å². The number of carbonyl (C=O) groups excluding carboxylic acids is 3. The first-order valence-electron chi connectivity index (χ1n) is 14.4. The number of fused-ring (bicyclic) bond motifs is 6. The Kier molecular flexibility index (Phi) is 6.35. The van der Waals surface area contributed by atoms with Gasteiger partial charge in [0.1, 0.15) is 23.8 Å². The molecule has 4 atom stereocenters. The van der Waals surface area contributed by atoms with Crippen LogP contribution in [-0.2, 0) is 10.2 Å². The zero-order chi connectivity index (χ0) is 29.7. The Morgan fingerprint density at radius 2 is 1.58 bits per heavy atom. The maximum Gasteiger partial charge on any atom is 0.238 e. The summed E-state index contributed by atoms with van der Waals surface area (Å²) >= 11 is 0. The van der Waals surface area contributed by atoms with Gasteiger partial charge in [-0.05, 0) is 60.0 Å². The monoisotopic (exact) mass is 566 g/mol. The third-order valence-electron chi connectivity index (χ3n) is 8.96. The summed E-state index contributed by atoms with van der Waals surface area (Å²) in [6.45, 7) is 5.99. The summed E-state index contributed by atoms with van der Waals surface area (Å²) in [5, 5.41) is 3.09. The molecule has 7 rings (SSSR count). The molecule has 0 aliphatic carbocycles. The fourth-order valence-electron chi connectivity index (χ4n) is 7.11. The lowest BCUT2D eigenvalue weighted by Crippen LogP contribution is -2.49. The molecule has 6 nitrogen and oxygen atoms in total. The smallest absolute Gasteiger partial charge is 0.238 e. The molecule has 3 aliphatic rings. The van der Waals surface area contributed by atoms with Gasteiger partial charge in [0.15, 0.2) is 11.6 Å². The van der Waals surface area contributed by atoms with Gasteiger partial charge < -0.3 is 15.0 Å². The largest absolute Gasteiger partial charge is 0.490 e. The minimum atomic E-state index is -1.36. The van der Waals surface area contributed by atoms with Crippen LogP contribution in [0.5, 0.6) is 5.75 Å². The van der Waals surface area contributed by atoms with E-state index < -0.39 is 23.4 Å². The molecule has 1 saturated heterocycles. The van der Waals surface area contributed by atoms with Crippen LogP contribution in [0.15, 0.2) is 116 Å². The highest BCUT2D eigenvalue weighted by Crippen LogP contribution is 2.62. The standard InChI is InChI=1S/C37H30N2O4/c1-3-22-43-27-18-16-25(17-19-27)33(40)31-32(34(41)26-14-12-23(2)13-15-26)39-21-20-24-8-4-5-9-28(24)35(39)37(31)29-10-6-7-11-30(29)38-36(37)42/h3-21,31-32,35H,1,22H2,2H3,(H,38,42)/t31-,32-,35+,37-/m0/s1. The van der Waals surface area contributed by atoms with E-state index in [1.165, 1.54) is 0 Å². The van der Waals surface area contributed by atoms with E-state index in [0.717, 1.165) is 22.3 Å². The topological polar surface area (TPSA) is 75.7 Å². The number of hydrogen-bond acceptors (Lipinski definition) is 5. The highest BCUT2D eigenvalue weighted by atomic mass is 16.5. The second-order valence-electron chi connectivity index (χ2n) is 11.3. The molecule has 0 radical (unpaired) electrons. The van der Waals surface area contributed by atoms with E-state index in [4.69, 9.17) is 4.74 Å². The zero-order valence-corrected chi connectivity index (χ0v) is 23.7. The Morgan fingerprint density at radius 3 is 2.35 bits per heavy atom. The van der Waals surface area contributed by atoms with E-state index in [0.29, 0.717) is 29.2 Å². The highest BCUT2D eigenvalue weighted by Gasteiger charge is 2.70. The molecule has 4 aromatic carbocycles. The molecule has 6 heteroatoms. The highest BCUT2D eigenvalue weighted by molar-refractivity contribution is 6.16. The number of rotatable bonds is 7. The van der Waals surface area contributed by atoms with Crippen LogP contribution in [0.2, 0.25) is 0 Å². The fourth-order valence-corrected chi connectivity index (χ4v) is 7.11. The number of aryl methyl sites for hydroxylation is 1. The molecular weight excluding hydrogens is 536 g/mol. The quantitative estimate of drug-likeness (QED) is 0.203. The molecule has 0 bridgehead atoms. The van der Waals surface area contributed by atoms with Crippen molar-refractivity contribution in [2.75, 3.05) is 11.9 Å². The van der Waals surface area contributed by atoms with E-state index in [1.54, 1.807) is 42.5 Å². The van der Waals surface area contributed by atoms with Crippen LogP contribution in [0.25, 0.3) is 6.08 Å². The van der Waals surface area contributed by atoms with Crippen LogP contribution < -0.4 is 10.1 Å². The molecule has 3 heterocycles. The van der Waals surface area contributed by atoms with Gasteiger partial charge in [-0.25, -0.2) is 0 Å². The van der Waals surface area contributed by atoms with Crippen molar-refractivity contribution in [3.05, 3.63) is 149 Å². The van der Waals surface area contributed by atoms with Crippen LogP contribution in [0.1, 0.15) is 49.0 Å². The van der Waals surface area contributed by atoms with Crippen LogP contribution in [0, 0.1) is 12.8 Å². The van der Waals surface area contributed by atoms with Gasteiger partial charge in [0.25, 0.3) is 0 Å². The maximum atomic E-state index is 14.9. The second kappa shape index (κ2) is 10.2. The molecule has 1 fully saturated rings. The molecule has 1 N–H and O–H groups in total. The predicted octanol–water partition coefficient (Wildman–Crippen LogP) is 6.54. The molecule has 3 aliphatic heterocycles. The first-order chi connectivity index (χ1) is 20.9. The summed E-state index contributed by atoms with van der Waals surface area (Å²) in [6.07, 6.45) is 5.51. The third-order valence-corrected chi connectivity index (χ3v) is 8.96. The number of hydrogen-bond donors (Lipinski definition) is 1. The van der Waals surface area contributed by atoms with E-state index in [2.05, 4.69) is 11.9 Å². The van der Waals surface area contributed by atoms with Gasteiger partial charge >= 0.3 is 0 Å². The fraction of sp³-hybridized carbons (Fsp3) is 0.162. The summed E-state index contributed by atoms with van der Waals surface area (Å²) in [4.78, 5) is 46.0. The number of ether oxygens (including phenoxy) is 1. The Morgan fingerprint density at radius 1 is 0.907 bits per heavy atom. The average molecular weight is 567 g/mol. The first-order valence-corrected chi connectivity index (χ1v) is 14.4. The number of nitrogens with zero attached hydrogens (tertiary/aromatic N) is 1. The van der Waals surface area contributed by atoms with Crippen molar-refractivity contribution in [2.24, 2.45) is 5.92 Å². The molecule has 0 saturated carbocycles. The Labute approximate surface area is 250 Å². The van der Waals surface area contributed by atoms with Crippen molar-refractivity contribution in [2.45, 2.75) is 24.4 Å². The lowest BCUT2D eigenvalue weighted by atomic mass is 9.62. The van der Waals surface area contributed by atoms with Crippen molar-refractivity contribution in [3.8, 4) is 5.75 Å². The average Bonchev–Trinajstić information content (AvgIpc) is 3.52. The van der Waals surface area contributed by atoms with E-state index in [1.807, 2.05) is 84.8 Å². The normalized spacial score (nSPS) is 22.9. The zero-order valence-electron chi connectivity index (χ0n) is 23.7. The number of carbonyl (C=O) groups is 3. The van der Waals surface area contributed by atoms with Crippen molar-refractivity contribution >= 4 is 29.2 Å². The molecule has 4 aromatic rings. The van der Waals surface area contributed by atoms with Gasteiger partial charge in [0.05, 0.1) is 12.0 Å². The van der Waals surface area contributed by atoms with E-state index >= 15 is 0 Å². The molecule has 212 valence electrons. The number of amides is 1. The number of anilines is 1. The van der Waals surface area contributed by atoms with Crippen molar-refractivity contribution in [3.63, 3.8) is 0 Å². The lowest BCUT2D eigenvalue weighted by Gasteiger charge is -2.38. The Hall–Kier alpha value is -5.23. The SMILES string of the molecule is C=CCOc1ccc(C(=O)[C@@H]2[C@@H](C(=O)c3ccc(C)cc3)N3C=Cc4ccccc4[C@@H]3[C@@]23C(=O)Nc2ccccc23)cc1. The van der Waals surface area contributed by atoms with Gasteiger partial charge in [-0.3, -0.25) is 14.4 Å². The summed E-state index contributed by atoms with van der Waals surface area (Å²) in [7, 11) is 0. The van der Waals surface area contributed by atoms with Crippen LogP contribution >= 0.6 is 0 Å². The van der Waals surface area contributed by atoms with Crippen LogP contribution in [-0.4, -0.2) is 35.0 Å². The second-order valence-corrected chi connectivity index (χ2v) is 11.3. The van der Waals surface area contributed by atoms with Crippen molar-refractivity contribution in [1.29, 1.82) is 0 Å². The van der Waals surface area contributed by atoms with E-state index in [9.17, 15) is 14.4 Å². The van der Waals surface area contributed by atoms with Gasteiger partial charge in [-0.15, -0.1) is 0 Å². The minimum absolute atomic E-state index is 0.202. The van der Waals surface area contributed by atoms with Crippen molar-refractivity contribution in [1.82, 2.24) is 4.90 Å². The molecule has 0 aromatic heterocycles. The van der Waals surface area contributed by atoms with Crippen molar-refractivity contribution < 1.29 is 19.1 Å². The summed E-state index contributed by atoms with van der Waals surface area (Å²) in [5.74, 6) is -1.17. The van der Waals surface area contributed by atoms with Gasteiger partial charge in [0, 0.05) is 23.0 Å². The first kappa shape index (κ1) is 26.7. The minimum Gasteiger partial charge on any atom is -0.490 e. The van der Waals surface area contributed by atoms with Gasteiger partial charge in [-0.1, -0.05) is 84.9 Å². The maximum absolute atomic E-state index is 14.9. The van der Waals surface area contributed by atoms with Gasteiger partial charge in [-0.2, -0.15) is 0 Å². The molecule has 1 amide bonds. The number of benzene rings is 4. The molecule has 1 spiro atoms. The predicted molar refractivity (Wildman–Crippen MR) is 166 cm³/mol.